The Bertz CT molecular complexity index is 3100. The number of para-hydroxylation sites is 1. The standard InChI is InChI=1S/C54H35NO2/c1-4-12-36(13-5-1)39-20-22-42(23-21-39)51-47(33-32-46-53-50(57-54(46)51)35-34-49-52(53)45-18-10-11-19-48(45)56-49)55(43-28-24-40(25-29-43)37-14-6-2-7-15-37)44-30-26-41(27-31-44)38-16-8-3-9-17-38/h1-35H. The topological polar surface area (TPSA) is 29.5 Å². The summed E-state index contributed by atoms with van der Waals surface area (Å²) in [6, 6.07) is 75.0. The van der Waals surface area contributed by atoms with E-state index in [1.165, 1.54) is 27.8 Å². The molecule has 0 N–H and O–H groups in total. The Kier molecular flexibility index (Phi) is 7.82. The van der Waals surface area contributed by atoms with Crippen LogP contribution in [-0.2, 0) is 0 Å². The molecule has 0 bridgehead atoms. The highest BCUT2D eigenvalue weighted by Gasteiger charge is 2.25. The number of nitrogens with zero attached hydrogens (tertiary/aromatic N) is 1. The molecule has 0 aliphatic heterocycles. The summed E-state index contributed by atoms with van der Waals surface area (Å²) in [5.41, 5.74) is 15.6. The monoisotopic (exact) mass is 729 g/mol. The number of hydrogen-bond acceptors (Lipinski definition) is 3. The summed E-state index contributed by atoms with van der Waals surface area (Å²) in [7, 11) is 0. The van der Waals surface area contributed by atoms with Crippen LogP contribution < -0.4 is 4.90 Å². The van der Waals surface area contributed by atoms with Crippen LogP contribution in [0.1, 0.15) is 0 Å². The molecule has 11 rings (SSSR count). The maximum Gasteiger partial charge on any atom is 0.145 e. The number of benzene rings is 9. The zero-order valence-corrected chi connectivity index (χ0v) is 31.0. The van der Waals surface area contributed by atoms with Crippen molar-refractivity contribution in [3.8, 4) is 44.5 Å². The third-order valence-electron chi connectivity index (χ3n) is 11.1. The molecule has 57 heavy (non-hydrogen) atoms. The highest BCUT2D eigenvalue weighted by atomic mass is 16.3. The largest absolute Gasteiger partial charge is 0.456 e. The number of furan rings is 2. The molecular formula is C54H35NO2. The molecule has 0 atom stereocenters. The predicted molar refractivity (Wildman–Crippen MR) is 237 cm³/mol. The molecule has 2 heterocycles. The van der Waals surface area contributed by atoms with Gasteiger partial charge in [0.2, 0.25) is 0 Å². The van der Waals surface area contributed by atoms with Crippen LogP contribution in [0, 0.1) is 0 Å². The molecule has 9 aromatic carbocycles. The molecule has 3 nitrogen and oxygen atoms in total. The minimum absolute atomic E-state index is 0.828. The average molecular weight is 730 g/mol. The second-order valence-electron chi connectivity index (χ2n) is 14.5. The summed E-state index contributed by atoms with van der Waals surface area (Å²) in [6.45, 7) is 0. The van der Waals surface area contributed by atoms with Crippen LogP contribution in [0.2, 0.25) is 0 Å². The Balaban J connectivity index is 1.17. The lowest BCUT2D eigenvalue weighted by atomic mass is 9.95. The van der Waals surface area contributed by atoms with Gasteiger partial charge in [0.15, 0.2) is 0 Å². The van der Waals surface area contributed by atoms with E-state index >= 15 is 0 Å². The first-order valence-electron chi connectivity index (χ1n) is 19.3. The Hall–Kier alpha value is -7.62. The fourth-order valence-electron chi connectivity index (χ4n) is 8.35. The second-order valence-corrected chi connectivity index (χ2v) is 14.5. The molecule has 2 aromatic heterocycles. The van der Waals surface area contributed by atoms with Crippen LogP contribution in [0.3, 0.4) is 0 Å². The van der Waals surface area contributed by atoms with Crippen LogP contribution in [0.4, 0.5) is 17.1 Å². The molecule has 0 amide bonds. The fourth-order valence-corrected chi connectivity index (χ4v) is 8.35. The average Bonchev–Trinajstić information content (AvgIpc) is 3.86. The Morgan fingerprint density at radius 2 is 0.702 bits per heavy atom. The van der Waals surface area contributed by atoms with E-state index in [2.05, 4.69) is 193 Å². The lowest BCUT2D eigenvalue weighted by Crippen LogP contribution is -2.11. The maximum absolute atomic E-state index is 7.03. The third-order valence-corrected chi connectivity index (χ3v) is 11.1. The lowest BCUT2D eigenvalue weighted by molar-refractivity contribution is 0.663. The van der Waals surface area contributed by atoms with Crippen LogP contribution >= 0.6 is 0 Å². The summed E-state index contributed by atoms with van der Waals surface area (Å²) in [5.74, 6) is 0. The first-order valence-corrected chi connectivity index (χ1v) is 19.3. The van der Waals surface area contributed by atoms with Gasteiger partial charge in [0.25, 0.3) is 0 Å². The maximum atomic E-state index is 7.03. The Labute approximate surface area is 330 Å². The van der Waals surface area contributed by atoms with Crippen molar-refractivity contribution in [2.24, 2.45) is 0 Å². The van der Waals surface area contributed by atoms with Crippen molar-refractivity contribution < 1.29 is 8.83 Å². The van der Waals surface area contributed by atoms with Crippen molar-refractivity contribution in [1.82, 2.24) is 0 Å². The molecule has 0 unspecified atom stereocenters. The van der Waals surface area contributed by atoms with Gasteiger partial charge in [-0.15, -0.1) is 0 Å². The van der Waals surface area contributed by atoms with Crippen LogP contribution in [0.5, 0.6) is 0 Å². The van der Waals surface area contributed by atoms with E-state index < -0.39 is 0 Å². The van der Waals surface area contributed by atoms with E-state index in [9.17, 15) is 0 Å². The van der Waals surface area contributed by atoms with E-state index in [1.54, 1.807) is 0 Å². The summed E-state index contributed by atoms with van der Waals surface area (Å²) >= 11 is 0. The summed E-state index contributed by atoms with van der Waals surface area (Å²) in [6.07, 6.45) is 0. The van der Waals surface area contributed by atoms with Gasteiger partial charge in [-0.2, -0.15) is 0 Å². The number of rotatable bonds is 7. The van der Waals surface area contributed by atoms with Gasteiger partial charge >= 0.3 is 0 Å². The van der Waals surface area contributed by atoms with Gasteiger partial charge in [0.05, 0.1) is 5.69 Å². The zero-order valence-electron chi connectivity index (χ0n) is 31.0. The summed E-state index contributed by atoms with van der Waals surface area (Å²) in [5, 5.41) is 4.26. The lowest BCUT2D eigenvalue weighted by Gasteiger charge is -2.28. The Morgan fingerprint density at radius 1 is 0.281 bits per heavy atom. The molecule has 0 radical (unpaired) electrons. The van der Waals surface area contributed by atoms with Gasteiger partial charge in [-0.3, -0.25) is 0 Å². The minimum atomic E-state index is 0.828. The highest BCUT2D eigenvalue weighted by molar-refractivity contribution is 6.27. The number of hydrogen-bond donors (Lipinski definition) is 0. The van der Waals surface area contributed by atoms with Crippen LogP contribution in [-0.4, -0.2) is 0 Å². The minimum Gasteiger partial charge on any atom is -0.456 e. The second kappa shape index (κ2) is 13.6. The molecular weight excluding hydrogens is 695 g/mol. The highest BCUT2D eigenvalue weighted by Crippen LogP contribution is 2.49. The summed E-state index contributed by atoms with van der Waals surface area (Å²) in [4.78, 5) is 2.36. The van der Waals surface area contributed by atoms with E-state index in [-0.39, 0.29) is 0 Å². The van der Waals surface area contributed by atoms with E-state index in [0.717, 1.165) is 77.6 Å². The normalized spacial score (nSPS) is 11.5. The van der Waals surface area contributed by atoms with E-state index in [0.29, 0.717) is 0 Å². The van der Waals surface area contributed by atoms with Crippen LogP contribution in [0.25, 0.3) is 88.4 Å². The third kappa shape index (κ3) is 5.68. The fraction of sp³-hybridized carbons (Fsp3) is 0. The Morgan fingerprint density at radius 3 is 1.25 bits per heavy atom. The van der Waals surface area contributed by atoms with Gasteiger partial charge in [0.1, 0.15) is 22.3 Å². The van der Waals surface area contributed by atoms with Gasteiger partial charge in [-0.25, -0.2) is 0 Å². The molecule has 0 saturated heterocycles. The first-order chi connectivity index (χ1) is 28.3. The molecule has 0 aliphatic rings. The molecule has 268 valence electrons. The van der Waals surface area contributed by atoms with Gasteiger partial charge in [-0.1, -0.05) is 158 Å². The predicted octanol–water partition coefficient (Wildman–Crippen LogP) is 15.6. The molecule has 3 heteroatoms. The smallest absolute Gasteiger partial charge is 0.145 e. The van der Waals surface area contributed by atoms with Gasteiger partial charge in [-0.05, 0) is 93.5 Å². The quantitative estimate of drug-likeness (QED) is 0.164. The molecule has 0 saturated carbocycles. The molecule has 0 spiro atoms. The zero-order chi connectivity index (χ0) is 37.7. The van der Waals surface area contributed by atoms with E-state index in [1.807, 2.05) is 24.3 Å². The molecule has 0 aliphatic carbocycles. The number of fused-ring (bicyclic) bond motifs is 7. The van der Waals surface area contributed by atoms with Crippen molar-refractivity contribution in [2.75, 3.05) is 4.90 Å². The molecule has 11 aromatic rings. The SMILES string of the molecule is c1ccc(-c2ccc(-c3c(N(c4ccc(-c5ccccc5)cc4)c4ccc(-c5ccccc5)cc4)ccc4c3oc3ccc5oc6ccccc6c5c34)cc2)cc1. The van der Waals surface area contributed by atoms with Crippen molar-refractivity contribution in [3.63, 3.8) is 0 Å². The molecule has 0 fully saturated rings. The van der Waals surface area contributed by atoms with Crippen molar-refractivity contribution >= 4 is 60.9 Å². The summed E-state index contributed by atoms with van der Waals surface area (Å²) < 4.78 is 13.4. The van der Waals surface area contributed by atoms with Crippen LogP contribution in [0.15, 0.2) is 221 Å². The number of anilines is 3. The van der Waals surface area contributed by atoms with E-state index in [4.69, 9.17) is 8.83 Å². The van der Waals surface area contributed by atoms with Crippen molar-refractivity contribution in [2.45, 2.75) is 0 Å². The van der Waals surface area contributed by atoms with Gasteiger partial charge in [0, 0.05) is 38.5 Å². The first kappa shape index (κ1) is 32.8. The van der Waals surface area contributed by atoms with Crippen molar-refractivity contribution in [3.05, 3.63) is 212 Å². The van der Waals surface area contributed by atoms with Gasteiger partial charge < -0.3 is 13.7 Å². The van der Waals surface area contributed by atoms with Crippen molar-refractivity contribution in [1.29, 1.82) is 0 Å².